The van der Waals surface area contributed by atoms with Gasteiger partial charge in [0.2, 0.25) is 0 Å². The molecule has 0 bridgehead atoms. The summed E-state index contributed by atoms with van der Waals surface area (Å²) >= 11 is 0. The van der Waals surface area contributed by atoms with Crippen LogP contribution in [0, 0.1) is 0 Å². The summed E-state index contributed by atoms with van der Waals surface area (Å²) in [7, 11) is 1.41. The zero-order chi connectivity index (χ0) is 16.2. The van der Waals surface area contributed by atoms with Crippen molar-refractivity contribution >= 4 is 17.6 Å². The number of rotatable bonds is 4. The van der Waals surface area contributed by atoms with Crippen molar-refractivity contribution in [3.05, 3.63) is 23.8 Å². The van der Waals surface area contributed by atoms with Crippen LogP contribution < -0.4 is 15.8 Å². The molecule has 0 aliphatic rings. The number of carbonyl (C=O) groups is 2. The molecule has 1 aromatic carbocycles. The Labute approximate surface area is 124 Å². The number of nitrogen functional groups attached to an aromatic ring is 1. The maximum atomic E-state index is 12.1. The number of hydrogen-bond donors (Lipinski definition) is 2. The van der Waals surface area contributed by atoms with E-state index in [9.17, 15) is 9.59 Å². The second-order valence-corrected chi connectivity index (χ2v) is 5.71. The fourth-order valence-electron chi connectivity index (χ4n) is 1.69. The van der Waals surface area contributed by atoms with E-state index in [2.05, 4.69) is 5.32 Å². The van der Waals surface area contributed by atoms with E-state index in [0.717, 1.165) is 0 Å². The lowest BCUT2D eigenvalue weighted by Gasteiger charge is -2.23. The first-order valence-corrected chi connectivity index (χ1v) is 6.61. The Bertz CT molecular complexity index is 535. The van der Waals surface area contributed by atoms with Crippen LogP contribution in [0.2, 0.25) is 0 Å². The molecule has 21 heavy (non-hydrogen) atoms. The topological polar surface area (TPSA) is 90.7 Å². The van der Waals surface area contributed by atoms with E-state index >= 15 is 0 Å². The highest BCUT2D eigenvalue weighted by Gasteiger charge is 2.24. The lowest BCUT2D eigenvalue weighted by Crippen LogP contribution is -2.46. The summed E-state index contributed by atoms with van der Waals surface area (Å²) in [4.78, 5) is 24.0. The second-order valence-electron chi connectivity index (χ2n) is 5.71. The van der Waals surface area contributed by atoms with Gasteiger partial charge in [-0.15, -0.1) is 0 Å². The number of anilines is 1. The van der Waals surface area contributed by atoms with Crippen LogP contribution in [-0.4, -0.2) is 30.6 Å². The molecule has 6 heteroatoms. The quantitative estimate of drug-likeness (QED) is 0.652. The minimum atomic E-state index is -0.914. The fraction of sp³-hybridized carbons (Fsp3) is 0.467. The third-order valence-corrected chi connectivity index (χ3v) is 2.62. The summed E-state index contributed by atoms with van der Waals surface area (Å²) in [6, 6.07) is 4.77. The molecule has 0 spiro atoms. The fourth-order valence-corrected chi connectivity index (χ4v) is 1.69. The predicted octanol–water partition coefficient (Wildman–Crippen LogP) is 1.74. The number of ether oxygens (including phenoxy) is 2. The van der Waals surface area contributed by atoms with Gasteiger partial charge in [-0.25, -0.2) is 4.79 Å². The third kappa shape index (κ3) is 4.66. The molecule has 0 heterocycles. The summed E-state index contributed by atoms with van der Waals surface area (Å²) in [5.74, 6) is -0.777. The molecule has 1 atom stereocenters. The highest BCUT2D eigenvalue weighted by molar-refractivity contribution is 5.96. The van der Waals surface area contributed by atoms with E-state index in [0.29, 0.717) is 5.69 Å². The zero-order valence-corrected chi connectivity index (χ0v) is 13.0. The molecule has 0 aliphatic carbocycles. The van der Waals surface area contributed by atoms with Crippen LogP contribution in [0.5, 0.6) is 5.75 Å². The van der Waals surface area contributed by atoms with E-state index in [-0.39, 0.29) is 17.2 Å². The molecule has 1 aromatic rings. The summed E-state index contributed by atoms with van der Waals surface area (Å²) in [6.07, 6.45) is -0.914. The van der Waals surface area contributed by atoms with Gasteiger partial charge in [-0.05, 0) is 39.8 Å². The van der Waals surface area contributed by atoms with Gasteiger partial charge in [0.15, 0.2) is 11.9 Å². The van der Waals surface area contributed by atoms with Gasteiger partial charge in [-0.1, -0.05) is 6.07 Å². The monoisotopic (exact) mass is 294 g/mol. The van der Waals surface area contributed by atoms with Crippen molar-refractivity contribution in [3.63, 3.8) is 0 Å². The summed E-state index contributed by atoms with van der Waals surface area (Å²) < 4.78 is 10.2. The van der Waals surface area contributed by atoms with Crippen LogP contribution in [0.3, 0.4) is 0 Å². The minimum absolute atomic E-state index is 0.188. The number of nitrogens with one attached hydrogen (secondary N) is 1. The molecule has 6 nitrogen and oxygen atoms in total. The number of methoxy groups -OCH3 is 1. The molecule has 0 saturated heterocycles. The number of amides is 1. The maximum absolute atomic E-state index is 12.1. The predicted molar refractivity (Wildman–Crippen MR) is 80.2 cm³/mol. The van der Waals surface area contributed by atoms with E-state index in [1.807, 2.05) is 20.8 Å². The van der Waals surface area contributed by atoms with Crippen LogP contribution in [0.1, 0.15) is 38.1 Å². The second kappa shape index (κ2) is 6.47. The lowest BCUT2D eigenvalue weighted by atomic mass is 10.1. The van der Waals surface area contributed by atoms with Crippen LogP contribution in [-0.2, 0) is 9.53 Å². The Balaban J connectivity index is 2.82. The molecular formula is C15H22N2O4. The average molecular weight is 294 g/mol. The number of carbonyl (C=O) groups excluding carboxylic acids is 2. The smallest absolute Gasteiger partial charge is 0.342 e. The van der Waals surface area contributed by atoms with Crippen molar-refractivity contribution in [2.45, 2.75) is 39.3 Å². The number of benzene rings is 1. The molecule has 0 fully saturated rings. The van der Waals surface area contributed by atoms with Gasteiger partial charge in [0.1, 0.15) is 5.56 Å². The Kier molecular flexibility index (Phi) is 5.18. The van der Waals surface area contributed by atoms with E-state index < -0.39 is 17.6 Å². The van der Waals surface area contributed by atoms with Crippen LogP contribution in [0.15, 0.2) is 18.2 Å². The first kappa shape index (κ1) is 16.8. The summed E-state index contributed by atoms with van der Waals surface area (Å²) in [5, 5.41) is 2.74. The third-order valence-electron chi connectivity index (χ3n) is 2.62. The first-order valence-electron chi connectivity index (χ1n) is 6.61. The van der Waals surface area contributed by atoms with Gasteiger partial charge in [0.25, 0.3) is 5.91 Å². The van der Waals surface area contributed by atoms with Crippen molar-refractivity contribution in [3.8, 4) is 5.75 Å². The van der Waals surface area contributed by atoms with Crippen LogP contribution >= 0.6 is 0 Å². The molecule has 1 amide bonds. The van der Waals surface area contributed by atoms with E-state index in [1.54, 1.807) is 12.1 Å². The molecule has 0 aromatic heterocycles. The van der Waals surface area contributed by atoms with Gasteiger partial charge in [0, 0.05) is 5.54 Å². The Hall–Kier alpha value is -2.24. The normalized spacial score (nSPS) is 12.4. The number of para-hydroxylation sites is 1. The summed E-state index contributed by atoms with van der Waals surface area (Å²) in [6.45, 7) is 7.05. The largest absolute Gasteiger partial charge is 0.494 e. The van der Waals surface area contributed by atoms with Crippen molar-refractivity contribution < 1.29 is 19.1 Å². The molecule has 1 unspecified atom stereocenters. The Morgan fingerprint density at radius 2 is 1.90 bits per heavy atom. The van der Waals surface area contributed by atoms with Gasteiger partial charge in [-0.2, -0.15) is 0 Å². The average Bonchev–Trinajstić information content (AvgIpc) is 2.36. The van der Waals surface area contributed by atoms with Gasteiger partial charge in [-0.3, -0.25) is 4.79 Å². The van der Waals surface area contributed by atoms with Gasteiger partial charge < -0.3 is 20.5 Å². The van der Waals surface area contributed by atoms with Gasteiger partial charge in [0.05, 0.1) is 12.8 Å². The molecule has 1 rings (SSSR count). The number of hydrogen-bond acceptors (Lipinski definition) is 5. The standard InChI is InChI=1S/C15H22N2O4/c1-9(13(18)17-15(2,3)4)21-14(19)10-7-6-8-11(16)12(10)20-5/h6-9H,16H2,1-5H3,(H,17,18). The van der Waals surface area contributed by atoms with Gasteiger partial charge >= 0.3 is 5.97 Å². The first-order chi connectivity index (χ1) is 9.65. The Morgan fingerprint density at radius 3 is 2.43 bits per heavy atom. The molecular weight excluding hydrogens is 272 g/mol. The number of nitrogens with two attached hydrogens (primary N) is 1. The van der Waals surface area contributed by atoms with E-state index in [4.69, 9.17) is 15.2 Å². The molecule has 0 aliphatic heterocycles. The molecule has 0 radical (unpaired) electrons. The minimum Gasteiger partial charge on any atom is -0.494 e. The highest BCUT2D eigenvalue weighted by atomic mass is 16.5. The number of esters is 1. The Morgan fingerprint density at radius 1 is 1.29 bits per heavy atom. The zero-order valence-electron chi connectivity index (χ0n) is 13.0. The van der Waals surface area contributed by atoms with E-state index in [1.165, 1.54) is 20.1 Å². The van der Waals surface area contributed by atoms with Crippen LogP contribution in [0.4, 0.5) is 5.69 Å². The van der Waals surface area contributed by atoms with Crippen molar-refractivity contribution in [1.29, 1.82) is 0 Å². The maximum Gasteiger partial charge on any atom is 0.342 e. The lowest BCUT2D eigenvalue weighted by molar-refractivity contribution is -0.130. The SMILES string of the molecule is COc1c(N)cccc1C(=O)OC(C)C(=O)NC(C)(C)C. The molecule has 116 valence electrons. The van der Waals surface area contributed by atoms with Crippen molar-refractivity contribution in [2.75, 3.05) is 12.8 Å². The summed E-state index contributed by atoms with van der Waals surface area (Å²) in [5.41, 5.74) is 5.86. The van der Waals surface area contributed by atoms with Crippen molar-refractivity contribution in [2.24, 2.45) is 0 Å². The highest BCUT2D eigenvalue weighted by Crippen LogP contribution is 2.26. The molecule has 0 saturated carbocycles. The van der Waals surface area contributed by atoms with Crippen LogP contribution in [0.25, 0.3) is 0 Å². The van der Waals surface area contributed by atoms with Crippen molar-refractivity contribution in [1.82, 2.24) is 5.32 Å². The molecule has 3 N–H and O–H groups in total.